The van der Waals surface area contributed by atoms with Gasteiger partial charge in [-0.2, -0.15) is 0 Å². The first-order chi connectivity index (χ1) is 14.7. The second-order valence-corrected chi connectivity index (χ2v) is 8.66. The third-order valence-corrected chi connectivity index (χ3v) is 6.60. The van der Waals surface area contributed by atoms with Crippen molar-refractivity contribution in [1.82, 2.24) is 0 Å². The summed E-state index contributed by atoms with van der Waals surface area (Å²) in [6, 6.07) is 20.9. The van der Waals surface area contributed by atoms with E-state index in [1.54, 1.807) is 14.2 Å². The number of methoxy groups -OCH3 is 2. The lowest BCUT2D eigenvalue weighted by molar-refractivity contribution is 0.354. The van der Waals surface area contributed by atoms with E-state index in [1.165, 1.54) is 26.7 Å². The highest BCUT2D eigenvalue weighted by Gasteiger charge is 2.22. The molecule has 0 saturated carbocycles. The second-order valence-electron chi connectivity index (χ2n) is 7.14. The third kappa shape index (κ3) is 4.55. The Balaban J connectivity index is 1.38. The molecule has 0 saturated heterocycles. The number of para-hydroxylation sites is 1. The van der Waals surface area contributed by atoms with Crippen LogP contribution in [0.15, 0.2) is 70.5 Å². The van der Waals surface area contributed by atoms with Crippen molar-refractivity contribution in [2.75, 3.05) is 25.7 Å². The number of hydrogen-bond donors (Lipinski definition) is 0. The van der Waals surface area contributed by atoms with Gasteiger partial charge in [-0.1, -0.05) is 41.6 Å². The lowest BCUT2D eigenvalue weighted by Gasteiger charge is -2.33. The van der Waals surface area contributed by atoms with E-state index in [9.17, 15) is 0 Å². The first kappa shape index (κ1) is 21.0. The van der Waals surface area contributed by atoms with Crippen LogP contribution in [0.4, 0.5) is 11.4 Å². The fourth-order valence-electron chi connectivity index (χ4n) is 3.71. The Bertz CT molecular complexity index is 1020. The van der Waals surface area contributed by atoms with Crippen LogP contribution in [0.1, 0.15) is 18.4 Å². The van der Waals surface area contributed by atoms with E-state index in [-0.39, 0.29) is 0 Å². The van der Waals surface area contributed by atoms with Gasteiger partial charge in [0.2, 0.25) is 0 Å². The van der Waals surface area contributed by atoms with E-state index >= 15 is 0 Å². The number of rotatable bonds is 8. The lowest BCUT2D eigenvalue weighted by atomic mass is 10.1. The molecule has 0 aromatic heterocycles. The summed E-state index contributed by atoms with van der Waals surface area (Å²) in [7, 11) is 3.33. The Hall–Kier alpha value is -2.30. The van der Waals surface area contributed by atoms with Gasteiger partial charge in [0.1, 0.15) is 0 Å². The molecule has 4 rings (SSSR count). The molecule has 30 heavy (non-hydrogen) atoms. The van der Waals surface area contributed by atoms with E-state index in [2.05, 4.69) is 59.9 Å². The van der Waals surface area contributed by atoms with Gasteiger partial charge in [0.25, 0.3) is 0 Å². The van der Waals surface area contributed by atoms with Gasteiger partial charge < -0.3 is 14.4 Å². The Morgan fingerprint density at radius 3 is 2.50 bits per heavy atom. The van der Waals surface area contributed by atoms with Gasteiger partial charge in [0.15, 0.2) is 11.5 Å². The Labute approximate surface area is 188 Å². The maximum Gasteiger partial charge on any atom is 0.160 e. The lowest BCUT2D eigenvalue weighted by Crippen LogP contribution is -2.22. The summed E-state index contributed by atoms with van der Waals surface area (Å²) in [4.78, 5) is 4.93. The van der Waals surface area contributed by atoms with Crippen molar-refractivity contribution in [3.05, 3.63) is 77.7 Å². The predicted molar refractivity (Wildman–Crippen MR) is 126 cm³/mol. The maximum atomic E-state index is 6.30. The molecule has 0 N–H and O–H groups in total. The van der Waals surface area contributed by atoms with Gasteiger partial charge in [0, 0.05) is 21.4 Å². The van der Waals surface area contributed by atoms with Crippen molar-refractivity contribution >= 4 is 34.7 Å². The van der Waals surface area contributed by atoms with E-state index in [1.807, 2.05) is 23.9 Å². The molecule has 1 radical (unpaired) electrons. The van der Waals surface area contributed by atoms with Gasteiger partial charge in [-0.05, 0) is 73.7 Å². The van der Waals surface area contributed by atoms with Gasteiger partial charge in [0.05, 0.1) is 25.6 Å². The minimum atomic E-state index is 0.768. The SMILES string of the molecule is COc1ccc(CC[CH]CCN2c3ccccc3Sc3ccc(Cl)cc32)cc1OC. The fraction of sp³-hybridized carbons (Fsp3) is 0.240. The molecule has 1 aliphatic heterocycles. The Morgan fingerprint density at radius 1 is 0.867 bits per heavy atom. The molecule has 5 heteroatoms. The first-order valence-electron chi connectivity index (χ1n) is 10.1. The van der Waals surface area contributed by atoms with Crippen molar-refractivity contribution < 1.29 is 9.47 Å². The average molecular weight is 439 g/mol. The maximum absolute atomic E-state index is 6.30. The largest absolute Gasteiger partial charge is 0.493 e. The Kier molecular flexibility index (Phi) is 6.76. The van der Waals surface area contributed by atoms with Crippen molar-refractivity contribution in [3.63, 3.8) is 0 Å². The van der Waals surface area contributed by atoms with Crippen LogP contribution < -0.4 is 14.4 Å². The zero-order valence-electron chi connectivity index (χ0n) is 17.2. The number of anilines is 2. The first-order valence-corrected chi connectivity index (χ1v) is 11.3. The highest BCUT2D eigenvalue weighted by Crippen LogP contribution is 2.48. The van der Waals surface area contributed by atoms with Crippen LogP contribution in [0.2, 0.25) is 5.02 Å². The minimum absolute atomic E-state index is 0.768. The zero-order chi connectivity index (χ0) is 20.9. The van der Waals surface area contributed by atoms with Crippen LogP contribution in [0.3, 0.4) is 0 Å². The zero-order valence-corrected chi connectivity index (χ0v) is 18.8. The van der Waals surface area contributed by atoms with Crippen molar-refractivity contribution in [2.45, 2.75) is 29.1 Å². The van der Waals surface area contributed by atoms with E-state index in [4.69, 9.17) is 21.1 Å². The number of benzene rings is 3. The molecule has 0 atom stereocenters. The number of nitrogens with zero attached hydrogens (tertiary/aromatic N) is 1. The van der Waals surface area contributed by atoms with E-state index in [0.717, 1.165) is 42.3 Å². The van der Waals surface area contributed by atoms with E-state index in [0.29, 0.717) is 0 Å². The number of unbranched alkanes of at least 4 members (excludes halogenated alkanes) is 2. The highest BCUT2D eigenvalue weighted by molar-refractivity contribution is 7.99. The molecule has 3 nitrogen and oxygen atoms in total. The predicted octanol–water partition coefficient (Wildman–Crippen LogP) is 7.19. The molecule has 3 aromatic carbocycles. The summed E-state index contributed by atoms with van der Waals surface area (Å²) in [5, 5.41) is 0.774. The van der Waals surface area contributed by atoms with Crippen molar-refractivity contribution in [1.29, 1.82) is 0 Å². The van der Waals surface area contributed by atoms with Crippen molar-refractivity contribution in [2.24, 2.45) is 0 Å². The molecule has 1 aliphatic rings. The molecule has 0 aliphatic carbocycles. The summed E-state index contributed by atoms with van der Waals surface area (Å²) >= 11 is 8.11. The normalized spacial score (nSPS) is 12.3. The fourth-order valence-corrected chi connectivity index (χ4v) is 4.96. The monoisotopic (exact) mass is 438 g/mol. The molecule has 0 fully saturated rings. The van der Waals surface area contributed by atoms with Gasteiger partial charge >= 0.3 is 0 Å². The quantitative estimate of drug-likeness (QED) is 0.347. The molecule has 0 amide bonds. The molecule has 0 spiro atoms. The molecular weight excluding hydrogens is 414 g/mol. The molecule has 0 bridgehead atoms. The van der Waals surface area contributed by atoms with Crippen LogP contribution >= 0.6 is 23.4 Å². The highest BCUT2D eigenvalue weighted by atomic mass is 35.5. The van der Waals surface area contributed by atoms with E-state index < -0.39 is 0 Å². The summed E-state index contributed by atoms with van der Waals surface area (Å²) < 4.78 is 10.7. The van der Waals surface area contributed by atoms with Crippen LogP contribution in [0.25, 0.3) is 0 Å². The van der Waals surface area contributed by atoms with Gasteiger partial charge in [-0.3, -0.25) is 0 Å². The standard InChI is InChI=1S/C25H25ClNO2S/c1-28-22-13-11-18(16-23(22)29-2)8-4-3-7-15-27-20-9-5-6-10-24(20)30-25-14-12-19(26)17-21(25)27/h3,5-6,9-14,16-17H,4,7-8,15H2,1-2H3. The molecule has 0 unspecified atom stereocenters. The minimum Gasteiger partial charge on any atom is -0.493 e. The van der Waals surface area contributed by atoms with Crippen LogP contribution in [0.5, 0.6) is 11.5 Å². The molecule has 1 heterocycles. The summed E-state index contributed by atoms with van der Waals surface area (Å²) in [6.45, 7) is 0.927. The third-order valence-electron chi connectivity index (χ3n) is 5.23. The van der Waals surface area contributed by atoms with Crippen LogP contribution in [-0.4, -0.2) is 20.8 Å². The average Bonchev–Trinajstić information content (AvgIpc) is 2.78. The number of hydrogen-bond acceptors (Lipinski definition) is 4. The summed E-state index contributed by atoms with van der Waals surface area (Å²) in [5.41, 5.74) is 3.70. The number of ether oxygens (including phenoxy) is 2. The van der Waals surface area contributed by atoms with Crippen LogP contribution in [-0.2, 0) is 6.42 Å². The summed E-state index contributed by atoms with van der Waals surface area (Å²) in [6.07, 6.45) is 5.36. The number of halogens is 1. The molecular formula is C25H25ClNO2S. The van der Waals surface area contributed by atoms with Gasteiger partial charge in [-0.25, -0.2) is 0 Å². The summed E-state index contributed by atoms with van der Waals surface area (Å²) in [5.74, 6) is 1.55. The molecule has 155 valence electrons. The topological polar surface area (TPSA) is 21.7 Å². The second kappa shape index (κ2) is 9.67. The van der Waals surface area contributed by atoms with Crippen molar-refractivity contribution in [3.8, 4) is 11.5 Å². The van der Waals surface area contributed by atoms with Gasteiger partial charge in [-0.15, -0.1) is 0 Å². The number of fused-ring (bicyclic) bond motifs is 2. The van der Waals surface area contributed by atoms with Crippen LogP contribution in [0, 0.1) is 6.42 Å². The Morgan fingerprint density at radius 2 is 1.67 bits per heavy atom. The number of aryl methyl sites for hydroxylation is 1. The molecule has 3 aromatic rings. The smallest absolute Gasteiger partial charge is 0.160 e.